The van der Waals surface area contributed by atoms with Gasteiger partial charge in [-0.1, -0.05) is 61.5 Å². The maximum atomic E-state index is 6.00. The van der Waals surface area contributed by atoms with Crippen molar-refractivity contribution < 1.29 is 4.74 Å². The predicted molar refractivity (Wildman–Crippen MR) is 90.5 cm³/mol. The number of ether oxygens (including phenoxy) is 1. The molecule has 0 aliphatic carbocycles. The third kappa shape index (κ3) is 6.27. The third-order valence-corrected chi connectivity index (χ3v) is 3.95. The SMILES string of the molecule is CCCCCCCOc1cc(Br)ccc1C(C)NCC. The monoisotopic (exact) mass is 341 g/mol. The number of benzene rings is 1. The van der Waals surface area contributed by atoms with Crippen molar-refractivity contribution in [1.82, 2.24) is 5.32 Å². The van der Waals surface area contributed by atoms with Gasteiger partial charge in [-0.3, -0.25) is 0 Å². The fourth-order valence-electron chi connectivity index (χ4n) is 2.29. The maximum absolute atomic E-state index is 6.00. The van der Waals surface area contributed by atoms with E-state index >= 15 is 0 Å². The van der Waals surface area contributed by atoms with Crippen molar-refractivity contribution in [1.29, 1.82) is 0 Å². The van der Waals surface area contributed by atoms with Crippen LogP contribution in [-0.4, -0.2) is 13.2 Å². The second-order valence-electron chi connectivity index (χ2n) is 5.22. The van der Waals surface area contributed by atoms with Gasteiger partial charge in [-0.25, -0.2) is 0 Å². The molecule has 2 nitrogen and oxygen atoms in total. The Kier molecular flexibility index (Phi) is 8.95. The standard InChI is InChI=1S/C17H28BrNO/c1-4-6-7-8-9-12-20-17-13-15(18)10-11-16(17)14(3)19-5-2/h10-11,13-14,19H,4-9,12H2,1-3H3. The number of hydrogen-bond acceptors (Lipinski definition) is 2. The van der Waals surface area contributed by atoms with E-state index in [2.05, 4.69) is 60.2 Å². The lowest BCUT2D eigenvalue weighted by Crippen LogP contribution is -2.18. The molecule has 1 atom stereocenters. The number of halogens is 1. The molecule has 0 spiro atoms. The van der Waals surface area contributed by atoms with Crippen LogP contribution in [0, 0.1) is 0 Å². The summed E-state index contributed by atoms with van der Waals surface area (Å²) in [4.78, 5) is 0. The zero-order valence-electron chi connectivity index (χ0n) is 13.0. The second-order valence-corrected chi connectivity index (χ2v) is 6.14. The molecule has 0 fully saturated rings. The zero-order valence-corrected chi connectivity index (χ0v) is 14.6. The third-order valence-electron chi connectivity index (χ3n) is 3.46. The first-order valence-corrected chi connectivity index (χ1v) is 8.64. The number of rotatable bonds is 10. The molecule has 1 aromatic rings. The highest BCUT2D eigenvalue weighted by Crippen LogP contribution is 2.29. The van der Waals surface area contributed by atoms with Crippen LogP contribution < -0.4 is 10.1 Å². The fourth-order valence-corrected chi connectivity index (χ4v) is 2.63. The van der Waals surface area contributed by atoms with E-state index in [1.807, 2.05) is 0 Å². The first kappa shape index (κ1) is 17.5. The van der Waals surface area contributed by atoms with Gasteiger partial charge >= 0.3 is 0 Å². The van der Waals surface area contributed by atoms with Gasteiger partial charge in [-0.15, -0.1) is 0 Å². The molecule has 0 aliphatic heterocycles. The topological polar surface area (TPSA) is 21.3 Å². The molecule has 0 amide bonds. The average molecular weight is 342 g/mol. The van der Waals surface area contributed by atoms with Crippen LogP contribution in [0.3, 0.4) is 0 Å². The summed E-state index contributed by atoms with van der Waals surface area (Å²) in [6.07, 6.45) is 6.34. The summed E-state index contributed by atoms with van der Waals surface area (Å²) in [7, 11) is 0. The quantitative estimate of drug-likeness (QED) is 0.569. The van der Waals surface area contributed by atoms with Crippen LogP contribution in [0.15, 0.2) is 22.7 Å². The predicted octanol–water partition coefficient (Wildman–Crippen LogP) is 5.47. The Morgan fingerprint density at radius 3 is 2.60 bits per heavy atom. The Hall–Kier alpha value is -0.540. The highest BCUT2D eigenvalue weighted by Gasteiger charge is 2.11. The summed E-state index contributed by atoms with van der Waals surface area (Å²) < 4.78 is 7.07. The molecule has 0 saturated carbocycles. The van der Waals surface area contributed by atoms with Gasteiger partial charge in [0.2, 0.25) is 0 Å². The molecular weight excluding hydrogens is 314 g/mol. The summed E-state index contributed by atoms with van der Waals surface area (Å²) in [5.41, 5.74) is 1.24. The summed E-state index contributed by atoms with van der Waals surface area (Å²) >= 11 is 3.53. The molecule has 0 aliphatic rings. The van der Waals surface area contributed by atoms with E-state index in [1.165, 1.54) is 31.2 Å². The molecule has 1 unspecified atom stereocenters. The number of nitrogens with one attached hydrogen (secondary N) is 1. The normalized spacial score (nSPS) is 12.4. The summed E-state index contributed by atoms with van der Waals surface area (Å²) in [5.74, 6) is 1.00. The van der Waals surface area contributed by atoms with E-state index in [-0.39, 0.29) is 0 Å². The van der Waals surface area contributed by atoms with Gasteiger partial charge in [-0.05, 0) is 32.0 Å². The highest BCUT2D eigenvalue weighted by atomic mass is 79.9. The minimum atomic E-state index is 0.322. The maximum Gasteiger partial charge on any atom is 0.125 e. The molecule has 1 N–H and O–H groups in total. The van der Waals surface area contributed by atoms with Crippen molar-refractivity contribution in [3.8, 4) is 5.75 Å². The smallest absolute Gasteiger partial charge is 0.125 e. The van der Waals surface area contributed by atoms with Crippen LogP contribution in [0.5, 0.6) is 5.75 Å². The number of unbranched alkanes of at least 4 members (excludes halogenated alkanes) is 4. The molecule has 114 valence electrons. The van der Waals surface area contributed by atoms with Gasteiger partial charge in [0.1, 0.15) is 5.75 Å². The molecule has 3 heteroatoms. The van der Waals surface area contributed by atoms with Crippen molar-refractivity contribution in [2.75, 3.05) is 13.2 Å². The Morgan fingerprint density at radius 1 is 1.15 bits per heavy atom. The minimum absolute atomic E-state index is 0.322. The van der Waals surface area contributed by atoms with E-state index in [0.717, 1.165) is 29.8 Å². The van der Waals surface area contributed by atoms with Gasteiger partial charge in [0.25, 0.3) is 0 Å². The van der Waals surface area contributed by atoms with Gasteiger partial charge in [0.15, 0.2) is 0 Å². The summed E-state index contributed by atoms with van der Waals surface area (Å²) in [6.45, 7) is 8.33. The molecular formula is C17H28BrNO. The van der Waals surface area contributed by atoms with E-state index in [1.54, 1.807) is 0 Å². The lowest BCUT2D eigenvalue weighted by Gasteiger charge is -2.18. The van der Waals surface area contributed by atoms with E-state index in [0.29, 0.717) is 6.04 Å². The first-order chi connectivity index (χ1) is 9.69. The van der Waals surface area contributed by atoms with Crippen molar-refractivity contribution in [3.05, 3.63) is 28.2 Å². The van der Waals surface area contributed by atoms with Crippen molar-refractivity contribution in [3.63, 3.8) is 0 Å². The summed E-state index contributed by atoms with van der Waals surface area (Å²) in [5, 5.41) is 3.44. The van der Waals surface area contributed by atoms with Gasteiger partial charge in [0, 0.05) is 16.1 Å². The second kappa shape index (κ2) is 10.2. The van der Waals surface area contributed by atoms with Gasteiger partial charge in [0.05, 0.1) is 6.61 Å². The van der Waals surface area contributed by atoms with Crippen molar-refractivity contribution >= 4 is 15.9 Å². The molecule has 1 aromatic carbocycles. The van der Waals surface area contributed by atoms with Crippen molar-refractivity contribution in [2.45, 2.75) is 58.9 Å². The zero-order chi connectivity index (χ0) is 14.8. The van der Waals surface area contributed by atoms with Gasteiger partial charge in [-0.2, -0.15) is 0 Å². The first-order valence-electron chi connectivity index (χ1n) is 7.84. The van der Waals surface area contributed by atoms with Crippen LogP contribution in [-0.2, 0) is 0 Å². The Balaban J connectivity index is 2.52. The molecule has 0 radical (unpaired) electrons. The van der Waals surface area contributed by atoms with E-state index in [4.69, 9.17) is 4.74 Å². The molecule has 0 heterocycles. The van der Waals surface area contributed by atoms with Crippen LogP contribution in [0.25, 0.3) is 0 Å². The largest absolute Gasteiger partial charge is 0.493 e. The minimum Gasteiger partial charge on any atom is -0.493 e. The van der Waals surface area contributed by atoms with Crippen LogP contribution in [0.4, 0.5) is 0 Å². The molecule has 0 saturated heterocycles. The molecule has 1 rings (SSSR count). The van der Waals surface area contributed by atoms with Gasteiger partial charge < -0.3 is 10.1 Å². The molecule has 0 bridgehead atoms. The Morgan fingerprint density at radius 2 is 1.90 bits per heavy atom. The van der Waals surface area contributed by atoms with E-state index < -0.39 is 0 Å². The van der Waals surface area contributed by atoms with Crippen LogP contribution in [0.1, 0.15) is 64.5 Å². The van der Waals surface area contributed by atoms with Crippen LogP contribution in [0.2, 0.25) is 0 Å². The fraction of sp³-hybridized carbons (Fsp3) is 0.647. The lowest BCUT2D eigenvalue weighted by molar-refractivity contribution is 0.298. The Bertz CT molecular complexity index is 381. The Labute approximate surface area is 132 Å². The van der Waals surface area contributed by atoms with Crippen LogP contribution >= 0.6 is 15.9 Å². The lowest BCUT2D eigenvalue weighted by atomic mass is 10.1. The molecule has 0 aromatic heterocycles. The highest BCUT2D eigenvalue weighted by molar-refractivity contribution is 9.10. The van der Waals surface area contributed by atoms with E-state index in [9.17, 15) is 0 Å². The van der Waals surface area contributed by atoms with Crippen molar-refractivity contribution in [2.24, 2.45) is 0 Å². The summed E-state index contributed by atoms with van der Waals surface area (Å²) in [6, 6.07) is 6.62. The average Bonchev–Trinajstić information content (AvgIpc) is 2.43. The molecule has 20 heavy (non-hydrogen) atoms. The number of hydrogen-bond donors (Lipinski definition) is 1.